The van der Waals surface area contributed by atoms with Gasteiger partial charge in [0.2, 0.25) is 0 Å². The summed E-state index contributed by atoms with van der Waals surface area (Å²) in [6.07, 6.45) is 4.93. The Kier molecular flexibility index (Phi) is 9.12. The lowest BCUT2D eigenvalue weighted by atomic mass is 10.1. The molecule has 27 heavy (non-hydrogen) atoms. The molecule has 0 saturated carbocycles. The minimum atomic E-state index is -0.136. The van der Waals surface area contributed by atoms with Gasteiger partial charge in [-0.05, 0) is 63.0 Å². The van der Waals surface area contributed by atoms with E-state index in [0.29, 0.717) is 5.75 Å². The van der Waals surface area contributed by atoms with Gasteiger partial charge < -0.3 is 10.0 Å². The molecular formula is C23H33FN2O. The molecule has 0 aliphatic carbocycles. The number of phenols is 1. The Bertz CT molecular complexity index is 671. The summed E-state index contributed by atoms with van der Waals surface area (Å²) in [5, 5.41) is 9.60. The van der Waals surface area contributed by atoms with Crippen molar-refractivity contribution in [2.75, 3.05) is 31.1 Å². The van der Waals surface area contributed by atoms with Gasteiger partial charge in [-0.1, -0.05) is 38.1 Å². The highest BCUT2D eigenvalue weighted by molar-refractivity contribution is 5.46. The zero-order valence-corrected chi connectivity index (χ0v) is 16.7. The zero-order valence-electron chi connectivity index (χ0n) is 16.7. The summed E-state index contributed by atoms with van der Waals surface area (Å²) in [7, 11) is 0. The maximum absolute atomic E-state index is 12.9. The predicted octanol–water partition coefficient (Wildman–Crippen LogP) is 5.44. The van der Waals surface area contributed by atoms with Gasteiger partial charge in [0.1, 0.15) is 11.6 Å². The molecule has 0 unspecified atom stereocenters. The molecule has 0 spiro atoms. The van der Waals surface area contributed by atoms with E-state index >= 15 is 0 Å². The van der Waals surface area contributed by atoms with Crippen molar-refractivity contribution >= 4 is 5.69 Å². The molecule has 1 aliphatic rings. The number of anilines is 1. The third-order valence-corrected chi connectivity index (χ3v) is 4.90. The van der Waals surface area contributed by atoms with Crippen LogP contribution >= 0.6 is 0 Å². The van der Waals surface area contributed by atoms with Gasteiger partial charge in [0.15, 0.2) is 0 Å². The largest absolute Gasteiger partial charge is 0.508 e. The Morgan fingerprint density at radius 2 is 1.74 bits per heavy atom. The number of hydrogen-bond acceptors (Lipinski definition) is 3. The van der Waals surface area contributed by atoms with Gasteiger partial charge in [-0.3, -0.25) is 4.90 Å². The lowest BCUT2D eigenvalue weighted by Gasteiger charge is -2.28. The Balaban J connectivity index is 0.000000194. The van der Waals surface area contributed by atoms with Crippen LogP contribution in [0.4, 0.5) is 10.1 Å². The van der Waals surface area contributed by atoms with E-state index in [1.807, 2.05) is 24.3 Å². The number of para-hydroxylation sites is 1. The van der Waals surface area contributed by atoms with E-state index in [1.165, 1.54) is 25.3 Å². The van der Waals surface area contributed by atoms with Crippen LogP contribution in [0.15, 0.2) is 48.5 Å². The molecule has 0 atom stereocenters. The maximum atomic E-state index is 12.9. The summed E-state index contributed by atoms with van der Waals surface area (Å²) in [5.74, 6) is 0.269. The van der Waals surface area contributed by atoms with Gasteiger partial charge >= 0.3 is 0 Å². The van der Waals surface area contributed by atoms with Crippen molar-refractivity contribution in [2.24, 2.45) is 0 Å². The zero-order chi connectivity index (χ0) is 19.5. The molecular weight excluding hydrogens is 339 g/mol. The summed E-state index contributed by atoms with van der Waals surface area (Å²) in [5.41, 5.74) is 2.04. The summed E-state index contributed by atoms with van der Waals surface area (Å²) in [6, 6.07) is 14.4. The summed E-state index contributed by atoms with van der Waals surface area (Å²) in [4.78, 5) is 4.58. The Morgan fingerprint density at radius 3 is 2.37 bits per heavy atom. The third-order valence-electron chi connectivity index (χ3n) is 4.90. The normalized spacial score (nSPS) is 14.0. The van der Waals surface area contributed by atoms with Gasteiger partial charge in [0.25, 0.3) is 0 Å². The van der Waals surface area contributed by atoms with E-state index in [1.54, 1.807) is 18.2 Å². The van der Waals surface area contributed by atoms with Crippen molar-refractivity contribution in [1.29, 1.82) is 0 Å². The monoisotopic (exact) mass is 372 g/mol. The molecule has 1 saturated heterocycles. The second kappa shape index (κ2) is 11.6. The Hall–Kier alpha value is -2.07. The van der Waals surface area contributed by atoms with Crippen molar-refractivity contribution < 1.29 is 9.50 Å². The Morgan fingerprint density at radius 1 is 1.00 bits per heavy atom. The average molecular weight is 373 g/mol. The van der Waals surface area contributed by atoms with Gasteiger partial charge in [0, 0.05) is 30.9 Å². The summed E-state index contributed by atoms with van der Waals surface area (Å²) >= 11 is 0. The first-order valence-electron chi connectivity index (χ1n) is 10.1. The van der Waals surface area contributed by atoms with Crippen molar-refractivity contribution in [3.05, 3.63) is 59.9 Å². The Labute approximate surface area is 163 Å². The SMILES string of the molecule is CCCN(CC)Cc1ccccc1O.Fc1cccc(N2CCCCC2)c1. The van der Waals surface area contributed by atoms with Crippen molar-refractivity contribution in [2.45, 2.75) is 46.1 Å². The highest BCUT2D eigenvalue weighted by atomic mass is 19.1. The molecule has 1 heterocycles. The fraction of sp³-hybridized carbons (Fsp3) is 0.478. The molecule has 0 aromatic heterocycles. The molecule has 0 radical (unpaired) electrons. The molecule has 3 nitrogen and oxygen atoms in total. The van der Waals surface area contributed by atoms with E-state index in [4.69, 9.17) is 0 Å². The first-order valence-corrected chi connectivity index (χ1v) is 10.1. The van der Waals surface area contributed by atoms with Crippen molar-refractivity contribution in [3.8, 4) is 5.75 Å². The number of nitrogens with zero attached hydrogens (tertiary/aromatic N) is 2. The number of aromatic hydroxyl groups is 1. The highest BCUT2D eigenvalue weighted by Gasteiger charge is 2.10. The maximum Gasteiger partial charge on any atom is 0.125 e. The molecule has 2 aromatic rings. The second-order valence-corrected chi connectivity index (χ2v) is 7.03. The molecule has 2 aromatic carbocycles. The third kappa shape index (κ3) is 7.22. The predicted molar refractivity (Wildman–Crippen MR) is 112 cm³/mol. The summed E-state index contributed by atoms with van der Waals surface area (Å²) in [6.45, 7) is 9.43. The van der Waals surface area contributed by atoms with Crippen LogP contribution in [0.5, 0.6) is 5.75 Å². The molecule has 4 heteroatoms. The van der Waals surface area contributed by atoms with Gasteiger partial charge in [-0.25, -0.2) is 4.39 Å². The lowest BCUT2D eigenvalue weighted by Crippen LogP contribution is -2.29. The molecule has 0 bridgehead atoms. The van der Waals surface area contributed by atoms with E-state index in [9.17, 15) is 9.50 Å². The first-order chi connectivity index (χ1) is 13.1. The number of rotatable bonds is 6. The van der Waals surface area contributed by atoms with Gasteiger partial charge in [0.05, 0.1) is 0 Å². The highest BCUT2D eigenvalue weighted by Crippen LogP contribution is 2.20. The summed E-state index contributed by atoms with van der Waals surface area (Å²) < 4.78 is 12.9. The standard InChI is InChI=1S/C12H19NO.C11H14FN/c1-3-9-13(4-2)10-11-7-5-6-8-12(11)14;12-10-5-4-6-11(9-10)13-7-2-1-3-8-13/h5-8,14H,3-4,9-10H2,1-2H3;4-6,9H,1-3,7-8H2. The fourth-order valence-electron chi connectivity index (χ4n) is 3.38. The number of halogens is 1. The molecule has 1 fully saturated rings. The van der Waals surface area contributed by atoms with Gasteiger partial charge in [-0.2, -0.15) is 0 Å². The number of benzene rings is 2. The average Bonchev–Trinajstić information content (AvgIpc) is 2.70. The van der Waals surface area contributed by atoms with E-state index in [0.717, 1.165) is 50.4 Å². The molecule has 3 rings (SSSR count). The van der Waals surface area contributed by atoms with Crippen molar-refractivity contribution in [1.82, 2.24) is 4.90 Å². The van der Waals surface area contributed by atoms with Gasteiger partial charge in [-0.15, -0.1) is 0 Å². The van der Waals surface area contributed by atoms with E-state index in [2.05, 4.69) is 23.6 Å². The minimum absolute atomic E-state index is 0.136. The van der Waals surface area contributed by atoms with Crippen molar-refractivity contribution in [3.63, 3.8) is 0 Å². The van der Waals surface area contributed by atoms with Crippen LogP contribution in [0.25, 0.3) is 0 Å². The number of piperidine rings is 1. The number of phenolic OH excluding ortho intramolecular Hbond substituents is 1. The quantitative estimate of drug-likeness (QED) is 0.731. The van der Waals surface area contributed by atoms with Crippen LogP contribution < -0.4 is 4.90 Å². The van der Waals surface area contributed by atoms with Crippen LogP contribution in [0.3, 0.4) is 0 Å². The molecule has 148 valence electrons. The lowest BCUT2D eigenvalue weighted by molar-refractivity contribution is 0.276. The van der Waals surface area contributed by atoms with Crippen LogP contribution in [-0.4, -0.2) is 36.2 Å². The molecule has 1 N–H and O–H groups in total. The first kappa shape index (κ1) is 21.2. The van der Waals surface area contributed by atoms with Crippen LogP contribution in [0.1, 0.15) is 45.1 Å². The van der Waals surface area contributed by atoms with E-state index in [-0.39, 0.29) is 5.82 Å². The molecule has 0 amide bonds. The van der Waals surface area contributed by atoms with Crippen LogP contribution in [0.2, 0.25) is 0 Å². The fourth-order valence-corrected chi connectivity index (χ4v) is 3.38. The van der Waals surface area contributed by atoms with Crippen LogP contribution in [0, 0.1) is 5.82 Å². The topological polar surface area (TPSA) is 26.7 Å². The smallest absolute Gasteiger partial charge is 0.125 e. The minimum Gasteiger partial charge on any atom is -0.508 e. The molecule has 1 aliphatic heterocycles. The van der Waals surface area contributed by atoms with E-state index < -0.39 is 0 Å². The van der Waals surface area contributed by atoms with Crippen LogP contribution in [-0.2, 0) is 6.54 Å². The number of hydrogen-bond donors (Lipinski definition) is 1. The second-order valence-electron chi connectivity index (χ2n) is 7.03.